The number of anilines is 1. The molecule has 20 heavy (non-hydrogen) atoms. The van der Waals surface area contributed by atoms with Crippen LogP contribution < -0.4 is 5.73 Å². The van der Waals surface area contributed by atoms with Gasteiger partial charge in [-0.2, -0.15) is 13.2 Å². The fourth-order valence-corrected chi connectivity index (χ4v) is 1.75. The van der Waals surface area contributed by atoms with E-state index < -0.39 is 28.9 Å². The summed E-state index contributed by atoms with van der Waals surface area (Å²) in [6, 6.07) is 7.51. The van der Waals surface area contributed by atoms with Crippen molar-refractivity contribution in [3.05, 3.63) is 65.0 Å². The minimum atomic E-state index is -4.65. The predicted molar refractivity (Wildman–Crippen MR) is 65.7 cm³/mol. The van der Waals surface area contributed by atoms with Gasteiger partial charge >= 0.3 is 6.18 Å². The molecule has 0 aliphatic heterocycles. The number of alkyl halides is 3. The van der Waals surface area contributed by atoms with Crippen molar-refractivity contribution in [3.8, 4) is 0 Å². The fraction of sp³-hybridized carbons (Fsp3) is 0.0714. The highest BCUT2D eigenvalue weighted by Crippen LogP contribution is 2.33. The van der Waals surface area contributed by atoms with Crippen LogP contribution in [0.4, 0.5) is 23.2 Å². The molecule has 0 spiro atoms. The maximum atomic E-state index is 13.3. The molecule has 0 saturated carbocycles. The molecule has 0 atom stereocenters. The molecule has 2 N–H and O–H groups in total. The second-order valence-corrected chi connectivity index (χ2v) is 4.11. The summed E-state index contributed by atoms with van der Waals surface area (Å²) in [6.45, 7) is 0. The third-order valence-electron chi connectivity index (χ3n) is 2.74. The van der Waals surface area contributed by atoms with E-state index in [4.69, 9.17) is 5.73 Å². The lowest BCUT2D eigenvalue weighted by atomic mass is 9.98. The van der Waals surface area contributed by atoms with E-state index in [2.05, 4.69) is 0 Å². The molecule has 2 rings (SSSR count). The van der Waals surface area contributed by atoms with Gasteiger partial charge in [0.1, 0.15) is 5.82 Å². The molecule has 0 radical (unpaired) electrons. The number of halogens is 4. The number of nitrogen functional groups attached to an aromatic ring is 1. The Morgan fingerprint density at radius 2 is 1.70 bits per heavy atom. The van der Waals surface area contributed by atoms with Gasteiger partial charge in [-0.05, 0) is 24.3 Å². The Hall–Kier alpha value is -2.37. The number of carbonyl (C=O) groups is 1. The first-order chi connectivity index (χ1) is 9.30. The first-order valence-electron chi connectivity index (χ1n) is 5.56. The second kappa shape index (κ2) is 4.96. The minimum absolute atomic E-state index is 0.175. The molecule has 0 aliphatic carbocycles. The summed E-state index contributed by atoms with van der Waals surface area (Å²) in [6.07, 6.45) is -4.65. The lowest BCUT2D eigenvalue weighted by Gasteiger charge is -2.12. The van der Waals surface area contributed by atoms with Crippen molar-refractivity contribution in [1.82, 2.24) is 0 Å². The van der Waals surface area contributed by atoms with Crippen LogP contribution in [0.2, 0.25) is 0 Å². The monoisotopic (exact) mass is 283 g/mol. The average Bonchev–Trinajstić information content (AvgIpc) is 2.40. The predicted octanol–water partition coefficient (Wildman–Crippen LogP) is 3.66. The molecule has 0 fully saturated rings. The summed E-state index contributed by atoms with van der Waals surface area (Å²) in [4.78, 5) is 12.1. The number of carbonyl (C=O) groups excluding carboxylic acids is 1. The summed E-state index contributed by atoms with van der Waals surface area (Å²) in [5.41, 5.74) is 3.32. The second-order valence-electron chi connectivity index (χ2n) is 4.11. The van der Waals surface area contributed by atoms with Crippen molar-refractivity contribution in [3.63, 3.8) is 0 Å². The van der Waals surface area contributed by atoms with Gasteiger partial charge in [-0.25, -0.2) is 4.39 Å². The van der Waals surface area contributed by atoms with Gasteiger partial charge in [0, 0.05) is 11.1 Å². The number of hydrogen-bond acceptors (Lipinski definition) is 2. The van der Waals surface area contributed by atoms with Crippen molar-refractivity contribution in [2.45, 2.75) is 6.18 Å². The van der Waals surface area contributed by atoms with Gasteiger partial charge in [-0.15, -0.1) is 0 Å². The molecule has 2 nitrogen and oxygen atoms in total. The molecule has 0 aromatic heterocycles. The van der Waals surface area contributed by atoms with Crippen molar-refractivity contribution in [2.75, 3.05) is 5.73 Å². The average molecular weight is 283 g/mol. The van der Waals surface area contributed by atoms with Gasteiger partial charge in [-0.3, -0.25) is 4.79 Å². The Morgan fingerprint density at radius 1 is 1.05 bits per heavy atom. The molecule has 6 heteroatoms. The molecule has 2 aromatic carbocycles. The highest BCUT2D eigenvalue weighted by atomic mass is 19.4. The Bertz CT molecular complexity index is 664. The van der Waals surface area contributed by atoms with Crippen molar-refractivity contribution in [1.29, 1.82) is 0 Å². The summed E-state index contributed by atoms with van der Waals surface area (Å²) in [5.74, 6) is -1.75. The molecule has 104 valence electrons. The lowest BCUT2D eigenvalue weighted by Crippen LogP contribution is -2.14. The van der Waals surface area contributed by atoms with Crippen LogP contribution in [0, 0.1) is 5.82 Å². The first-order valence-corrected chi connectivity index (χ1v) is 5.56. The van der Waals surface area contributed by atoms with E-state index in [9.17, 15) is 22.4 Å². The van der Waals surface area contributed by atoms with E-state index in [0.717, 1.165) is 24.3 Å². The molecule has 0 amide bonds. The Balaban J connectivity index is 2.51. The number of ketones is 1. The zero-order valence-corrected chi connectivity index (χ0v) is 10.0. The standard InChI is InChI=1S/C14H9F4NO/c15-11-7-8(5-6-12(11)19)13(20)9-3-1-2-4-10(9)14(16,17)18/h1-7H,19H2. The van der Waals surface area contributed by atoms with Crippen LogP contribution in [0.3, 0.4) is 0 Å². The fourth-order valence-electron chi connectivity index (χ4n) is 1.75. The summed E-state index contributed by atoms with van der Waals surface area (Å²) < 4.78 is 51.8. The topological polar surface area (TPSA) is 43.1 Å². The van der Waals surface area contributed by atoms with Gasteiger partial charge < -0.3 is 5.73 Å². The summed E-state index contributed by atoms with van der Waals surface area (Å²) in [7, 11) is 0. The van der Waals surface area contributed by atoms with Crippen molar-refractivity contribution in [2.24, 2.45) is 0 Å². The van der Waals surface area contributed by atoms with Crippen molar-refractivity contribution >= 4 is 11.5 Å². The van der Waals surface area contributed by atoms with E-state index in [1.54, 1.807) is 0 Å². The van der Waals surface area contributed by atoms with Gasteiger partial charge in [0.05, 0.1) is 11.3 Å². The van der Waals surface area contributed by atoms with Gasteiger partial charge in [0.25, 0.3) is 0 Å². The molecule has 2 aromatic rings. The van der Waals surface area contributed by atoms with E-state index in [-0.39, 0.29) is 11.3 Å². The van der Waals surface area contributed by atoms with Crippen LogP contribution in [0.5, 0.6) is 0 Å². The quantitative estimate of drug-likeness (QED) is 0.519. The van der Waals surface area contributed by atoms with Crippen LogP contribution in [-0.4, -0.2) is 5.78 Å². The highest BCUT2D eigenvalue weighted by Gasteiger charge is 2.35. The van der Waals surface area contributed by atoms with E-state index >= 15 is 0 Å². The highest BCUT2D eigenvalue weighted by molar-refractivity contribution is 6.10. The van der Waals surface area contributed by atoms with Crippen LogP contribution in [0.25, 0.3) is 0 Å². The first kappa shape index (κ1) is 14.0. The van der Waals surface area contributed by atoms with E-state index in [0.29, 0.717) is 0 Å². The van der Waals surface area contributed by atoms with Crippen LogP contribution in [-0.2, 0) is 6.18 Å². The van der Waals surface area contributed by atoms with E-state index in [1.165, 1.54) is 18.2 Å². The smallest absolute Gasteiger partial charge is 0.396 e. The molecule has 0 heterocycles. The maximum absolute atomic E-state index is 13.3. The van der Waals surface area contributed by atoms with Crippen LogP contribution in [0.15, 0.2) is 42.5 Å². The Kier molecular flexibility index (Phi) is 3.48. The molecular weight excluding hydrogens is 274 g/mol. The minimum Gasteiger partial charge on any atom is -0.396 e. The Labute approximate surface area is 111 Å². The zero-order valence-electron chi connectivity index (χ0n) is 10.0. The molecule has 0 bridgehead atoms. The van der Waals surface area contributed by atoms with Gasteiger partial charge in [0.2, 0.25) is 0 Å². The van der Waals surface area contributed by atoms with Gasteiger partial charge in [0.15, 0.2) is 5.78 Å². The zero-order chi connectivity index (χ0) is 14.9. The SMILES string of the molecule is Nc1ccc(C(=O)c2ccccc2C(F)(F)F)cc1F. The maximum Gasteiger partial charge on any atom is 0.417 e. The number of benzene rings is 2. The van der Waals surface area contributed by atoms with E-state index in [1.807, 2.05) is 0 Å². The summed E-state index contributed by atoms with van der Waals surface area (Å²) in [5, 5.41) is 0. The van der Waals surface area contributed by atoms with Crippen molar-refractivity contribution < 1.29 is 22.4 Å². The molecule has 0 saturated heterocycles. The summed E-state index contributed by atoms with van der Waals surface area (Å²) >= 11 is 0. The number of rotatable bonds is 2. The molecule has 0 unspecified atom stereocenters. The number of hydrogen-bond donors (Lipinski definition) is 1. The molecule has 0 aliphatic rings. The third-order valence-corrected chi connectivity index (χ3v) is 2.74. The van der Waals surface area contributed by atoms with Gasteiger partial charge in [-0.1, -0.05) is 18.2 Å². The lowest BCUT2D eigenvalue weighted by molar-refractivity contribution is -0.137. The molecular formula is C14H9F4NO. The Morgan fingerprint density at radius 3 is 2.30 bits per heavy atom. The number of nitrogens with two attached hydrogens (primary N) is 1. The normalized spacial score (nSPS) is 11.4. The largest absolute Gasteiger partial charge is 0.417 e. The third kappa shape index (κ3) is 2.64. The van der Waals surface area contributed by atoms with Crippen LogP contribution >= 0.6 is 0 Å². The van der Waals surface area contributed by atoms with Crippen LogP contribution in [0.1, 0.15) is 21.5 Å².